The van der Waals surface area contributed by atoms with E-state index >= 15 is 0 Å². The van der Waals surface area contributed by atoms with Crippen molar-refractivity contribution in [3.05, 3.63) is 113 Å². The highest BCUT2D eigenvalue weighted by molar-refractivity contribution is 5.77. The Morgan fingerprint density at radius 1 is 0.515 bits per heavy atom. The van der Waals surface area contributed by atoms with E-state index in [1.54, 1.807) is 0 Å². The van der Waals surface area contributed by atoms with Crippen LogP contribution in [0.3, 0.4) is 0 Å². The van der Waals surface area contributed by atoms with Crippen LogP contribution in [0.15, 0.2) is 78.9 Å². The van der Waals surface area contributed by atoms with Crippen LogP contribution in [0.5, 0.6) is 0 Å². The number of aromatic nitrogens is 4. The van der Waals surface area contributed by atoms with E-state index in [0.717, 1.165) is 51.3 Å². The van der Waals surface area contributed by atoms with E-state index in [2.05, 4.69) is 80.6 Å². The predicted octanol–water partition coefficient (Wildman–Crippen LogP) is 6.91. The molecule has 8 bridgehead atoms. The molecule has 2 aliphatic heterocycles. The van der Waals surface area contributed by atoms with Gasteiger partial charge in [0.2, 0.25) is 0 Å². The zero-order valence-corrected chi connectivity index (χ0v) is 18.0. The summed E-state index contributed by atoms with van der Waals surface area (Å²) in [6, 6.07) is 24.9. The second kappa shape index (κ2) is 8.24. The number of aromatic amines is 2. The Bertz CT molecular complexity index is 1420. The third-order valence-corrected chi connectivity index (χ3v) is 5.73. The maximum atomic E-state index is 4.63. The van der Waals surface area contributed by atoms with Crippen LogP contribution in [0.1, 0.15) is 33.9 Å². The molecule has 3 aromatic heterocycles. The van der Waals surface area contributed by atoms with E-state index in [9.17, 15) is 0 Å². The fourth-order valence-corrected chi connectivity index (χ4v) is 4.14. The molecule has 158 valence electrons. The Labute approximate surface area is 191 Å². The predicted molar refractivity (Wildman–Crippen MR) is 138 cm³/mol. The van der Waals surface area contributed by atoms with Crippen molar-refractivity contribution >= 4 is 52.4 Å². The molecule has 0 saturated heterocycles. The Balaban J connectivity index is 0.000000192. The molecule has 4 aromatic rings. The average Bonchev–Trinajstić information content (AvgIpc) is 3.63. The maximum Gasteiger partial charge on any atom is 0.0658 e. The second-order valence-corrected chi connectivity index (χ2v) is 8.21. The highest BCUT2D eigenvalue weighted by Crippen LogP contribution is 2.18. The Hall–Kier alpha value is -4.44. The van der Waals surface area contributed by atoms with E-state index in [0.29, 0.717) is 0 Å². The van der Waals surface area contributed by atoms with E-state index in [1.807, 2.05) is 48.6 Å². The Kier molecular flexibility index (Phi) is 4.81. The monoisotopic (exact) mass is 426 g/mol. The fourth-order valence-electron chi connectivity index (χ4n) is 4.14. The second-order valence-electron chi connectivity index (χ2n) is 8.21. The topological polar surface area (TPSA) is 57.4 Å². The van der Waals surface area contributed by atoms with Gasteiger partial charge >= 0.3 is 0 Å². The van der Waals surface area contributed by atoms with Gasteiger partial charge in [-0.2, -0.15) is 0 Å². The first-order chi connectivity index (χ1) is 16.3. The number of nitrogens with zero attached hydrogens (tertiary/aromatic N) is 2. The molecule has 0 radical (unpaired) electrons. The van der Waals surface area contributed by atoms with Crippen LogP contribution in [0.25, 0.3) is 52.4 Å². The lowest BCUT2D eigenvalue weighted by Crippen LogP contribution is -1.76. The summed E-state index contributed by atoms with van der Waals surface area (Å²) in [4.78, 5) is 16.0. The SMILES string of the molecule is C1=Cc2cc3ccc(cc4nc(cc5ccc(cc1n2)[nH]5)C=C4)[nH]3.C1=Cc2ccccc2C1. The van der Waals surface area contributed by atoms with Crippen LogP contribution in [-0.4, -0.2) is 19.9 Å². The van der Waals surface area contributed by atoms with Gasteiger partial charge in [-0.25, -0.2) is 9.97 Å². The van der Waals surface area contributed by atoms with Crippen molar-refractivity contribution < 1.29 is 0 Å². The summed E-state index contributed by atoms with van der Waals surface area (Å²) in [6.07, 6.45) is 13.6. The molecule has 0 amide bonds. The number of allylic oxidation sites excluding steroid dienone is 1. The Morgan fingerprint density at radius 2 is 0.970 bits per heavy atom. The summed E-state index contributed by atoms with van der Waals surface area (Å²) in [7, 11) is 0. The van der Waals surface area contributed by atoms with Gasteiger partial charge in [-0.15, -0.1) is 0 Å². The van der Waals surface area contributed by atoms with Crippen LogP contribution in [0.4, 0.5) is 0 Å². The third kappa shape index (κ3) is 4.32. The number of H-pyrrole nitrogens is 2. The number of fused-ring (bicyclic) bond motifs is 9. The van der Waals surface area contributed by atoms with Crippen molar-refractivity contribution in [2.24, 2.45) is 0 Å². The molecule has 0 atom stereocenters. The van der Waals surface area contributed by atoms with Gasteiger partial charge in [-0.1, -0.05) is 36.4 Å². The van der Waals surface area contributed by atoms with E-state index < -0.39 is 0 Å². The standard InChI is InChI=1S/C20H14N4.C9H8/c1-2-14-10-16-5-6-18(23-16)12-20-8-7-19(24-20)11-17-4-3-15(22-17)9-13(1)21-14;1-2-5-9-7-3-6-8(9)4-1/h1-12,21,24H;1-6H,7H2. The average molecular weight is 427 g/mol. The highest BCUT2D eigenvalue weighted by Gasteiger charge is 2.01. The number of benzene rings is 1. The number of hydrogen-bond acceptors (Lipinski definition) is 2. The van der Waals surface area contributed by atoms with Crippen LogP contribution < -0.4 is 0 Å². The molecule has 4 heteroatoms. The van der Waals surface area contributed by atoms with Gasteiger partial charge in [0.1, 0.15) is 0 Å². The first kappa shape index (κ1) is 19.3. The molecule has 0 fully saturated rings. The van der Waals surface area contributed by atoms with Gasteiger partial charge < -0.3 is 9.97 Å². The molecule has 33 heavy (non-hydrogen) atoms. The molecule has 5 heterocycles. The lowest BCUT2D eigenvalue weighted by Gasteiger charge is -1.93. The van der Waals surface area contributed by atoms with E-state index in [-0.39, 0.29) is 0 Å². The summed E-state index contributed by atoms with van der Waals surface area (Å²) in [5.41, 5.74) is 10.7. The van der Waals surface area contributed by atoms with Crippen LogP contribution in [0, 0.1) is 0 Å². The normalized spacial score (nSPS) is 13.0. The van der Waals surface area contributed by atoms with Crippen molar-refractivity contribution in [3.8, 4) is 0 Å². The molecule has 0 spiro atoms. The van der Waals surface area contributed by atoms with Gasteiger partial charge in [-0.3, -0.25) is 0 Å². The first-order valence-electron chi connectivity index (χ1n) is 11.1. The van der Waals surface area contributed by atoms with Crippen LogP contribution in [0.2, 0.25) is 0 Å². The molecule has 0 unspecified atom stereocenters. The Morgan fingerprint density at radius 3 is 1.42 bits per heavy atom. The molecular weight excluding hydrogens is 404 g/mol. The van der Waals surface area contributed by atoms with Crippen LogP contribution >= 0.6 is 0 Å². The van der Waals surface area contributed by atoms with Gasteiger partial charge in [0.25, 0.3) is 0 Å². The molecule has 4 nitrogen and oxygen atoms in total. The number of nitrogens with one attached hydrogen (secondary N) is 2. The lowest BCUT2D eigenvalue weighted by molar-refractivity contribution is 1.31. The molecular formula is C29H22N4. The highest BCUT2D eigenvalue weighted by atomic mass is 14.8. The molecule has 2 N–H and O–H groups in total. The number of rotatable bonds is 0. The molecule has 1 aromatic carbocycles. The zero-order chi connectivity index (χ0) is 22.0. The quantitative estimate of drug-likeness (QED) is 0.277. The summed E-state index contributed by atoms with van der Waals surface area (Å²) in [5, 5.41) is 0. The summed E-state index contributed by atoms with van der Waals surface area (Å²) >= 11 is 0. The van der Waals surface area contributed by atoms with Gasteiger partial charge in [0.05, 0.1) is 22.8 Å². The summed E-state index contributed by atoms with van der Waals surface area (Å²) in [5.74, 6) is 0. The fraction of sp³-hybridized carbons (Fsp3) is 0.0345. The van der Waals surface area contributed by atoms with Crippen molar-refractivity contribution in [1.82, 2.24) is 19.9 Å². The zero-order valence-electron chi connectivity index (χ0n) is 18.0. The lowest BCUT2D eigenvalue weighted by atomic mass is 10.1. The van der Waals surface area contributed by atoms with Crippen molar-refractivity contribution in [3.63, 3.8) is 0 Å². The minimum Gasteiger partial charge on any atom is -0.355 e. The smallest absolute Gasteiger partial charge is 0.0658 e. The van der Waals surface area contributed by atoms with Gasteiger partial charge in [-0.05, 0) is 90.4 Å². The van der Waals surface area contributed by atoms with Crippen LogP contribution in [-0.2, 0) is 6.42 Å². The van der Waals surface area contributed by atoms with Gasteiger partial charge in [0.15, 0.2) is 0 Å². The minimum absolute atomic E-state index is 0.939. The maximum absolute atomic E-state index is 4.63. The molecule has 7 rings (SSSR count). The summed E-state index contributed by atoms with van der Waals surface area (Å²) < 4.78 is 0. The van der Waals surface area contributed by atoms with Crippen molar-refractivity contribution in [2.75, 3.05) is 0 Å². The largest absolute Gasteiger partial charge is 0.355 e. The minimum atomic E-state index is 0.939. The van der Waals surface area contributed by atoms with Gasteiger partial charge in [0, 0.05) is 22.1 Å². The van der Waals surface area contributed by atoms with Crippen molar-refractivity contribution in [2.45, 2.75) is 6.42 Å². The molecule has 1 aliphatic carbocycles. The number of hydrogen-bond donors (Lipinski definition) is 2. The molecule has 3 aliphatic rings. The third-order valence-electron chi connectivity index (χ3n) is 5.73. The van der Waals surface area contributed by atoms with Crippen molar-refractivity contribution in [1.29, 1.82) is 0 Å². The summed E-state index contributed by atoms with van der Waals surface area (Å²) in [6.45, 7) is 0. The molecule has 0 saturated carbocycles. The van der Waals surface area contributed by atoms with E-state index in [1.165, 1.54) is 11.1 Å². The van der Waals surface area contributed by atoms with E-state index in [4.69, 9.17) is 0 Å². The first-order valence-corrected chi connectivity index (χ1v) is 11.1.